The van der Waals surface area contributed by atoms with Gasteiger partial charge in [-0.25, -0.2) is 0 Å². The van der Waals surface area contributed by atoms with Crippen molar-refractivity contribution < 1.29 is 4.74 Å². The van der Waals surface area contributed by atoms with E-state index in [0.717, 1.165) is 6.42 Å². The molecule has 0 amide bonds. The molecule has 0 aromatic rings. The molecule has 0 heterocycles. The van der Waals surface area contributed by atoms with Gasteiger partial charge in [0.25, 0.3) is 0 Å². The zero-order chi connectivity index (χ0) is 12.0. The Bertz CT molecular complexity index is 270. The van der Waals surface area contributed by atoms with Crippen LogP contribution in [-0.4, -0.2) is 25.3 Å². The first kappa shape index (κ1) is 12.4. The Morgan fingerprint density at radius 2 is 1.88 bits per heavy atom. The van der Waals surface area contributed by atoms with Crippen molar-refractivity contribution in [2.24, 2.45) is 10.8 Å². The lowest BCUT2D eigenvalue weighted by Gasteiger charge is -2.59. The van der Waals surface area contributed by atoms with Gasteiger partial charge in [0, 0.05) is 25.1 Å². The quantitative estimate of drug-likeness (QED) is 0.776. The van der Waals surface area contributed by atoms with Crippen molar-refractivity contribution in [2.75, 3.05) is 13.7 Å². The predicted octanol–water partition coefficient (Wildman–Crippen LogP) is 2.97. The summed E-state index contributed by atoms with van der Waals surface area (Å²) < 4.78 is 5.65. The molecule has 2 aliphatic rings. The number of ether oxygens (including phenoxy) is 1. The first-order valence-electron chi connectivity index (χ1n) is 6.68. The number of hydrogen-bond donors (Lipinski definition) is 1. The van der Waals surface area contributed by atoms with Crippen LogP contribution in [0.5, 0.6) is 0 Å². The molecule has 2 nitrogen and oxygen atoms in total. The summed E-state index contributed by atoms with van der Waals surface area (Å²) in [5.41, 5.74) is 0.967. The van der Waals surface area contributed by atoms with Crippen LogP contribution < -0.4 is 5.32 Å². The zero-order valence-electron chi connectivity index (χ0n) is 11.5. The highest BCUT2D eigenvalue weighted by molar-refractivity contribution is 5.12. The summed E-state index contributed by atoms with van der Waals surface area (Å²) in [6.07, 6.45) is 5.32. The fourth-order valence-electron chi connectivity index (χ4n) is 2.99. The molecule has 0 bridgehead atoms. The molecule has 1 N–H and O–H groups in total. The highest BCUT2D eigenvalue weighted by atomic mass is 16.5. The van der Waals surface area contributed by atoms with Crippen molar-refractivity contribution in [1.82, 2.24) is 5.32 Å². The molecule has 16 heavy (non-hydrogen) atoms. The van der Waals surface area contributed by atoms with Gasteiger partial charge < -0.3 is 10.1 Å². The van der Waals surface area contributed by atoms with Gasteiger partial charge in [-0.05, 0) is 38.0 Å². The van der Waals surface area contributed by atoms with Gasteiger partial charge in [0.05, 0.1) is 5.60 Å². The molecule has 0 spiro atoms. The lowest BCUT2D eigenvalue weighted by molar-refractivity contribution is -0.181. The third-order valence-corrected chi connectivity index (χ3v) is 5.71. The largest absolute Gasteiger partial charge is 0.378 e. The molecule has 0 saturated heterocycles. The van der Waals surface area contributed by atoms with Gasteiger partial charge in [0.15, 0.2) is 0 Å². The topological polar surface area (TPSA) is 21.3 Å². The van der Waals surface area contributed by atoms with Crippen LogP contribution in [0.25, 0.3) is 0 Å². The molecule has 2 heteroatoms. The van der Waals surface area contributed by atoms with Gasteiger partial charge in [-0.3, -0.25) is 0 Å². The molecular formula is C14H27NO. The predicted molar refractivity (Wildman–Crippen MR) is 67.6 cm³/mol. The minimum absolute atomic E-state index is 0.0631. The van der Waals surface area contributed by atoms with Crippen molar-refractivity contribution in [3.63, 3.8) is 0 Å². The summed E-state index contributed by atoms with van der Waals surface area (Å²) in [6.45, 7) is 10.4. The van der Waals surface area contributed by atoms with E-state index in [2.05, 4.69) is 33.0 Å². The van der Waals surface area contributed by atoms with Crippen LogP contribution in [0.1, 0.15) is 53.4 Å². The molecule has 2 rings (SSSR count). The van der Waals surface area contributed by atoms with E-state index in [0.29, 0.717) is 11.5 Å². The van der Waals surface area contributed by atoms with E-state index in [4.69, 9.17) is 4.74 Å². The van der Waals surface area contributed by atoms with Crippen LogP contribution in [-0.2, 0) is 4.74 Å². The van der Waals surface area contributed by atoms with Gasteiger partial charge >= 0.3 is 0 Å². The Morgan fingerprint density at radius 1 is 1.25 bits per heavy atom. The number of methoxy groups -OCH3 is 1. The standard InChI is InChI=1S/C14H27NO/c1-6-14(7-8-14)10-15-11-9-13(4,16-5)12(11,2)3/h11,15H,6-10H2,1-5H3. The second-order valence-corrected chi connectivity index (χ2v) is 6.65. The fraction of sp³-hybridized carbons (Fsp3) is 1.00. The Labute approximate surface area is 100 Å². The smallest absolute Gasteiger partial charge is 0.0731 e. The van der Waals surface area contributed by atoms with Crippen LogP contribution >= 0.6 is 0 Å². The van der Waals surface area contributed by atoms with Gasteiger partial charge in [-0.15, -0.1) is 0 Å². The highest BCUT2D eigenvalue weighted by Gasteiger charge is 2.58. The van der Waals surface area contributed by atoms with E-state index in [1.807, 2.05) is 7.11 Å². The molecule has 2 atom stereocenters. The SMILES string of the molecule is CCC1(CNC2CC(C)(OC)C2(C)C)CC1. The summed E-state index contributed by atoms with van der Waals surface area (Å²) >= 11 is 0. The minimum Gasteiger partial charge on any atom is -0.378 e. The Kier molecular flexibility index (Phi) is 2.87. The highest BCUT2D eigenvalue weighted by Crippen LogP contribution is 2.53. The van der Waals surface area contributed by atoms with Crippen molar-refractivity contribution in [3.05, 3.63) is 0 Å². The molecule has 2 saturated carbocycles. The zero-order valence-corrected chi connectivity index (χ0v) is 11.5. The summed E-state index contributed by atoms with van der Waals surface area (Å²) in [4.78, 5) is 0. The van der Waals surface area contributed by atoms with E-state index in [9.17, 15) is 0 Å². The Balaban J connectivity index is 1.85. The van der Waals surface area contributed by atoms with Crippen molar-refractivity contribution >= 4 is 0 Å². The second kappa shape index (κ2) is 3.71. The van der Waals surface area contributed by atoms with Gasteiger partial charge in [-0.2, -0.15) is 0 Å². The maximum atomic E-state index is 5.65. The normalized spacial score (nSPS) is 39.2. The lowest BCUT2D eigenvalue weighted by Crippen LogP contribution is -2.68. The summed E-state index contributed by atoms with van der Waals surface area (Å²) in [5.74, 6) is 0. The number of rotatable bonds is 5. The molecule has 94 valence electrons. The third kappa shape index (κ3) is 1.70. The monoisotopic (exact) mass is 225 g/mol. The average Bonchev–Trinajstić information content (AvgIpc) is 3.04. The maximum Gasteiger partial charge on any atom is 0.0731 e. The third-order valence-electron chi connectivity index (χ3n) is 5.71. The maximum absolute atomic E-state index is 5.65. The molecular weight excluding hydrogens is 198 g/mol. The van der Waals surface area contributed by atoms with Crippen LogP contribution in [0.4, 0.5) is 0 Å². The average molecular weight is 225 g/mol. The first-order chi connectivity index (χ1) is 7.39. The fourth-order valence-corrected chi connectivity index (χ4v) is 2.99. The minimum atomic E-state index is 0.0631. The van der Waals surface area contributed by atoms with Crippen LogP contribution in [0.3, 0.4) is 0 Å². The van der Waals surface area contributed by atoms with Crippen molar-refractivity contribution in [1.29, 1.82) is 0 Å². The van der Waals surface area contributed by atoms with Crippen LogP contribution in [0.2, 0.25) is 0 Å². The number of hydrogen-bond acceptors (Lipinski definition) is 2. The molecule has 0 radical (unpaired) electrons. The van der Waals surface area contributed by atoms with E-state index in [1.54, 1.807) is 0 Å². The summed E-state index contributed by atoms with van der Waals surface area (Å²) in [5, 5.41) is 3.77. The Hall–Kier alpha value is -0.0800. The molecule has 2 fully saturated rings. The van der Waals surface area contributed by atoms with E-state index < -0.39 is 0 Å². The summed E-state index contributed by atoms with van der Waals surface area (Å²) in [6, 6.07) is 0.626. The van der Waals surface area contributed by atoms with Crippen molar-refractivity contribution in [2.45, 2.75) is 65.0 Å². The molecule has 0 aliphatic heterocycles. The molecule has 2 unspecified atom stereocenters. The van der Waals surface area contributed by atoms with Gasteiger partial charge in [0.2, 0.25) is 0 Å². The first-order valence-corrected chi connectivity index (χ1v) is 6.68. The van der Waals surface area contributed by atoms with E-state index in [-0.39, 0.29) is 11.0 Å². The van der Waals surface area contributed by atoms with E-state index in [1.165, 1.54) is 25.8 Å². The van der Waals surface area contributed by atoms with Gasteiger partial charge in [-0.1, -0.05) is 20.8 Å². The van der Waals surface area contributed by atoms with E-state index >= 15 is 0 Å². The molecule has 2 aliphatic carbocycles. The molecule has 0 aromatic heterocycles. The molecule has 0 aromatic carbocycles. The Morgan fingerprint density at radius 3 is 2.25 bits per heavy atom. The van der Waals surface area contributed by atoms with Crippen LogP contribution in [0.15, 0.2) is 0 Å². The number of nitrogens with one attached hydrogen (secondary N) is 1. The van der Waals surface area contributed by atoms with Gasteiger partial charge in [0.1, 0.15) is 0 Å². The van der Waals surface area contributed by atoms with Crippen LogP contribution in [0, 0.1) is 10.8 Å². The lowest BCUT2D eigenvalue weighted by atomic mass is 9.55. The second-order valence-electron chi connectivity index (χ2n) is 6.65. The van der Waals surface area contributed by atoms with Crippen molar-refractivity contribution in [3.8, 4) is 0 Å². The summed E-state index contributed by atoms with van der Waals surface area (Å²) in [7, 11) is 1.84.